The second-order valence-corrected chi connectivity index (χ2v) is 21.1. The van der Waals surface area contributed by atoms with E-state index in [1.54, 1.807) is 0 Å². The first-order valence-corrected chi connectivity index (χ1v) is 28.2. The Morgan fingerprint density at radius 2 is 0.537 bits per heavy atom. The summed E-state index contributed by atoms with van der Waals surface area (Å²) in [5.41, 5.74) is 23.5. The minimum atomic E-state index is 1.06. The van der Waals surface area contributed by atoms with Crippen molar-refractivity contribution >= 4 is 60.4 Å². The molecule has 0 N–H and O–H groups in total. The Morgan fingerprint density at radius 1 is 0.195 bits per heavy atom. The largest absolute Gasteiger partial charge is 0.310 e. The van der Waals surface area contributed by atoms with Gasteiger partial charge in [0.1, 0.15) is 0 Å². The van der Waals surface area contributed by atoms with Crippen LogP contribution >= 0.6 is 0 Å². The minimum absolute atomic E-state index is 1.06. The normalized spacial score (nSPS) is 11.4. The van der Waals surface area contributed by atoms with Gasteiger partial charge in [-0.1, -0.05) is 255 Å². The Morgan fingerprint density at radius 3 is 1.00 bits per heavy atom. The minimum Gasteiger partial charge on any atom is -0.310 e. The van der Waals surface area contributed by atoms with Crippen molar-refractivity contribution in [2.75, 3.05) is 4.90 Å². The van der Waals surface area contributed by atoms with Gasteiger partial charge in [0.15, 0.2) is 0 Å². The van der Waals surface area contributed by atoms with E-state index >= 15 is 0 Å². The molecule has 0 saturated heterocycles. The van der Waals surface area contributed by atoms with Crippen LogP contribution < -0.4 is 4.90 Å². The lowest BCUT2D eigenvalue weighted by molar-refractivity contribution is 1.17. The first-order valence-electron chi connectivity index (χ1n) is 28.2. The summed E-state index contributed by atoms with van der Waals surface area (Å²) in [4.78, 5) is 2.39. The third-order valence-electron chi connectivity index (χ3n) is 16.4. The molecule has 2 heteroatoms. The van der Waals surface area contributed by atoms with Gasteiger partial charge in [-0.15, -0.1) is 0 Å². The molecular formula is C80H54N2. The van der Waals surface area contributed by atoms with Crippen LogP contribution in [0.25, 0.3) is 127 Å². The molecule has 0 saturated carbocycles. The van der Waals surface area contributed by atoms with E-state index in [0.717, 1.165) is 39.3 Å². The summed E-state index contributed by atoms with van der Waals surface area (Å²) < 4.78 is 2.44. The molecule has 2 nitrogen and oxygen atoms in total. The van der Waals surface area contributed by atoms with Gasteiger partial charge in [-0.05, 0) is 172 Å². The number of anilines is 3. The molecule has 0 spiro atoms. The highest BCUT2D eigenvalue weighted by molar-refractivity contribution is 6.22. The molecule has 0 aliphatic carbocycles. The number of aromatic nitrogens is 1. The van der Waals surface area contributed by atoms with Crippen molar-refractivity contribution in [2.45, 2.75) is 0 Å². The van der Waals surface area contributed by atoms with Gasteiger partial charge in [0.05, 0.1) is 11.0 Å². The maximum atomic E-state index is 2.44. The van der Waals surface area contributed by atoms with Crippen molar-refractivity contribution in [3.05, 3.63) is 328 Å². The monoisotopic (exact) mass is 1040 g/mol. The lowest BCUT2D eigenvalue weighted by Crippen LogP contribution is -2.10. The first kappa shape index (κ1) is 48.3. The molecule has 15 rings (SSSR count). The number of nitrogens with zero attached hydrogens (tertiary/aromatic N) is 2. The average Bonchev–Trinajstić information content (AvgIpc) is 3.57. The van der Waals surface area contributed by atoms with Crippen LogP contribution in [-0.2, 0) is 0 Å². The number of rotatable bonds is 11. The Bertz CT molecular complexity index is 4630. The number of hydrogen-bond acceptors (Lipinski definition) is 1. The van der Waals surface area contributed by atoms with Crippen molar-refractivity contribution in [3.63, 3.8) is 0 Å². The van der Waals surface area contributed by atoms with Crippen LogP contribution in [0, 0.1) is 0 Å². The van der Waals surface area contributed by atoms with E-state index in [2.05, 4.69) is 337 Å². The number of fused-ring (bicyclic) bond motifs is 5. The summed E-state index contributed by atoms with van der Waals surface area (Å²) >= 11 is 0. The summed E-state index contributed by atoms with van der Waals surface area (Å²) in [5, 5.41) is 7.31. The van der Waals surface area contributed by atoms with Crippen LogP contribution in [0.3, 0.4) is 0 Å². The molecule has 1 aromatic heterocycles. The van der Waals surface area contributed by atoms with Crippen molar-refractivity contribution < 1.29 is 0 Å². The molecule has 0 fully saturated rings. The van der Waals surface area contributed by atoms with Gasteiger partial charge < -0.3 is 9.47 Å². The standard InChI is InChI=1S/C80H54N2/c1-5-24-55(25-6-1)65-34-13-15-37-68(65)58-44-50-77-75(53-58)76-54-59(69-38-16-14-35-66(69)56-26-7-2-8-27-56)45-51-78(76)82(77)63-48-46-62(47-49-63)81(61-31-11-4-12-32-61)64-33-23-30-60(52-64)79-71-40-19-21-42-73(71)80(74-43-22-20-41-72(74)79)70-39-18-17-36-67(70)57-28-9-3-10-29-57/h1-54H. The van der Waals surface area contributed by atoms with Gasteiger partial charge in [0.25, 0.3) is 0 Å². The number of hydrogen-bond donors (Lipinski definition) is 0. The van der Waals surface area contributed by atoms with Crippen molar-refractivity contribution in [3.8, 4) is 83.6 Å². The van der Waals surface area contributed by atoms with Gasteiger partial charge >= 0.3 is 0 Å². The van der Waals surface area contributed by atoms with Crippen LogP contribution in [0.1, 0.15) is 0 Å². The van der Waals surface area contributed by atoms with Gasteiger partial charge in [-0.25, -0.2) is 0 Å². The average molecular weight is 1040 g/mol. The summed E-state index contributed by atoms with van der Waals surface area (Å²) in [6.07, 6.45) is 0. The number of para-hydroxylation sites is 1. The van der Waals surface area contributed by atoms with Crippen LogP contribution in [0.15, 0.2) is 328 Å². The van der Waals surface area contributed by atoms with Crippen LogP contribution in [0.2, 0.25) is 0 Å². The SMILES string of the molecule is c1ccc(-c2ccccc2-c2ccc3c(c2)c2cc(-c4ccccc4-c4ccccc4)ccc2n3-c2ccc(N(c3ccccc3)c3cccc(-c4c5ccccc5c(-c5ccccc5-c5ccccc5)c5ccccc45)c3)cc2)cc1. The molecule has 0 radical (unpaired) electrons. The molecular weight excluding hydrogens is 989 g/mol. The van der Waals surface area contributed by atoms with Crippen molar-refractivity contribution in [1.82, 2.24) is 4.57 Å². The third-order valence-corrected chi connectivity index (χ3v) is 16.4. The molecule has 0 bridgehead atoms. The van der Waals surface area contributed by atoms with Crippen LogP contribution in [0.5, 0.6) is 0 Å². The zero-order valence-corrected chi connectivity index (χ0v) is 45.1. The van der Waals surface area contributed by atoms with Crippen LogP contribution in [0.4, 0.5) is 17.1 Å². The molecule has 1 heterocycles. The number of benzene rings is 14. The predicted octanol–water partition coefficient (Wildman–Crippen LogP) is 22.2. The second-order valence-electron chi connectivity index (χ2n) is 21.1. The maximum absolute atomic E-state index is 2.44. The Labute approximate surface area is 478 Å². The lowest BCUT2D eigenvalue weighted by Gasteiger charge is -2.27. The van der Waals surface area contributed by atoms with Gasteiger partial charge in [0, 0.05) is 33.5 Å². The van der Waals surface area contributed by atoms with Crippen molar-refractivity contribution in [1.29, 1.82) is 0 Å². The molecule has 0 unspecified atom stereocenters. The van der Waals surface area contributed by atoms with E-state index in [-0.39, 0.29) is 0 Å². The lowest BCUT2D eigenvalue weighted by atomic mass is 9.84. The molecule has 0 atom stereocenters. The second kappa shape index (κ2) is 20.8. The summed E-state index contributed by atoms with van der Waals surface area (Å²) in [6, 6.07) is 120. The zero-order chi connectivity index (χ0) is 54.3. The van der Waals surface area contributed by atoms with Gasteiger partial charge in [-0.3, -0.25) is 0 Å². The smallest absolute Gasteiger partial charge is 0.0541 e. The molecule has 14 aromatic carbocycles. The highest BCUT2D eigenvalue weighted by Crippen LogP contribution is 2.48. The summed E-state index contributed by atoms with van der Waals surface area (Å²) in [5.74, 6) is 0. The molecule has 82 heavy (non-hydrogen) atoms. The zero-order valence-electron chi connectivity index (χ0n) is 45.1. The molecule has 384 valence electrons. The topological polar surface area (TPSA) is 8.17 Å². The van der Waals surface area contributed by atoms with E-state index in [9.17, 15) is 0 Å². The molecule has 0 aliphatic rings. The fourth-order valence-corrected chi connectivity index (χ4v) is 12.7. The van der Waals surface area contributed by atoms with Crippen molar-refractivity contribution in [2.24, 2.45) is 0 Å². The quantitative estimate of drug-likeness (QED) is 0.117. The fraction of sp³-hybridized carbons (Fsp3) is 0. The Hall–Kier alpha value is -10.8. The Balaban J connectivity index is 0.871. The highest BCUT2D eigenvalue weighted by Gasteiger charge is 2.22. The fourth-order valence-electron chi connectivity index (χ4n) is 12.7. The maximum Gasteiger partial charge on any atom is 0.0541 e. The van der Waals surface area contributed by atoms with Gasteiger partial charge in [-0.2, -0.15) is 0 Å². The van der Waals surface area contributed by atoms with E-state index in [1.165, 1.54) is 105 Å². The molecule has 15 aromatic rings. The molecule has 0 amide bonds. The predicted molar refractivity (Wildman–Crippen MR) is 349 cm³/mol. The third kappa shape index (κ3) is 8.53. The first-order chi connectivity index (χ1) is 40.7. The van der Waals surface area contributed by atoms with Gasteiger partial charge in [0.2, 0.25) is 0 Å². The Kier molecular flexibility index (Phi) is 12.2. The van der Waals surface area contributed by atoms with E-state index < -0.39 is 0 Å². The highest BCUT2D eigenvalue weighted by atomic mass is 15.1. The van der Waals surface area contributed by atoms with Crippen LogP contribution in [-0.4, -0.2) is 4.57 Å². The van der Waals surface area contributed by atoms with E-state index in [4.69, 9.17) is 0 Å². The van der Waals surface area contributed by atoms with E-state index in [0.29, 0.717) is 0 Å². The summed E-state index contributed by atoms with van der Waals surface area (Å²) in [7, 11) is 0. The summed E-state index contributed by atoms with van der Waals surface area (Å²) in [6.45, 7) is 0. The van der Waals surface area contributed by atoms with E-state index in [1.807, 2.05) is 0 Å². The molecule has 0 aliphatic heterocycles.